The van der Waals surface area contributed by atoms with E-state index in [-0.39, 0.29) is 0 Å². The third-order valence-corrected chi connectivity index (χ3v) is 4.59. The van der Waals surface area contributed by atoms with Crippen LogP contribution in [0.5, 0.6) is 0 Å². The van der Waals surface area contributed by atoms with Crippen molar-refractivity contribution in [2.45, 2.75) is 6.54 Å². The number of halogens is 1. The van der Waals surface area contributed by atoms with Gasteiger partial charge < -0.3 is 9.15 Å². The zero-order chi connectivity index (χ0) is 16.1. The molecule has 1 aromatic carbocycles. The predicted molar refractivity (Wildman–Crippen MR) is 92.7 cm³/mol. The Bertz CT molecular complexity index is 621. The maximum Gasteiger partial charge on any atom is 0.135 e. The molecule has 1 aliphatic heterocycles. The highest BCUT2D eigenvalue weighted by molar-refractivity contribution is 6.33. The second-order valence-electron chi connectivity index (χ2n) is 5.86. The normalized spacial score (nSPS) is 16.8. The summed E-state index contributed by atoms with van der Waals surface area (Å²) in [5.41, 5.74) is 0.949. The van der Waals surface area contributed by atoms with Crippen LogP contribution in [-0.4, -0.2) is 56.2 Å². The van der Waals surface area contributed by atoms with Gasteiger partial charge in [-0.2, -0.15) is 0 Å². The first kappa shape index (κ1) is 16.5. The largest absolute Gasteiger partial charge is 0.460 e. The Hall–Kier alpha value is -1.33. The van der Waals surface area contributed by atoms with E-state index in [4.69, 9.17) is 20.8 Å². The Labute approximate surface area is 142 Å². The molecular formula is C18H23ClN2O2. The number of furan rings is 1. The number of hydrogen-bond donors (Lipinski definition) is 0. The summed E-state index contributed by atoms with van der Waals surface area (Å²) in [6, 6.07) is 11.8. The van der Waals surface area contributed by atoms with E-state index in [1.165, 1.54) is 0 Å². The zero-order valence-corrected chi connectivity index (χ0v) is 14.3. The number of rotatable bonds is 6. The van der Waals surface area contributed by atoms with Crippen molar-refractivity contribution >= 4 is 11.6 Å². The van der Waals surface area contributed by atoms with Crippen molar-refractivity contribution in [1.82, 2.24) is 9.80 Å². The van der Waals surface area contributed by atoms with Gasteiger partial charge in [-0.15, -0.1) is 0 Å². The lowest BCUT2D eigenvalue weighted by Crippen LogP contribution is -2.46. The second-order valence-corrected chi connectivity index (χ2v) is 6.26. The van der Waals surface area contributed by atoms with Crippen molar-refractivity contribution in [3.63, 3.8) is 0 Å². The van der Waals surface area contributed by atoms with Crippen molar-refractivity contribution in [3.8, 4) is 11.3 Å². The summed E-state index contributed by atoms with van der Waals surface area (Å²) in [6.07, 6.45) is 0. The van der Waals surface area contributed by atoms with Crippen LogP contribution in [0.3, 0.4) is 0 Å². The number of piperazine rings is 1. The second kappa shape index (κ2) is 7.97. The number of ether oxygens (including phenoxy) is 1. The van der Waals surface area contributed by atoms with Crippen LogP contribution in [0, 0.1) is 0 Å². The summed E-state index contributed by atoms with van der Waals surface area (Å²) in [4.78, 5) is 4.87. The van der Waals surface area contributed by atoms with Crippen LogP contribution in [0.15, 0.2) is 40.8 Å². The lowest BCUT2D eigenvalue weighted by molar-refractivity contribution is 0.0906. The minimum atomic E-state index is 0.722. The van der Waals surface area contributed by atoms with Gasteiger partial charge in [-0.3, -0.25) is 9.80 Å². The van der Waals surface area contributed by atoms with Crippen LogP contribution in [0.1, 0.15) is 5.76 Å². The van der Waals surface area contributed by atoms with Gasteiger partial charge in [-0.05, 0) is 24.3 Å². The third kappa shape index (κ3) is 4.36. The van der Waals surface area contributed by atoms with Crippen molar-refractivity contribution < 1.29 is 9.15 Å². The quantitative estimate of drug-likeness (QED) is 0.810. The van der Waals surface area contributed by atoms with Gasteiger partial charge in [0.05, 0.1) is 18.2 Å². The van der Waals surface area contributed by atoms with Gasteiger partial charge in [0.1, 0.15) is 11.5 Å². The van der Waals surface area contributed by atoms with E-state index in [9.17, 15) is 0 Å². The Balaban J connectivity index is 1.55. The van der Waals surface area contributed by atoms with Crippen molar-refractivity contribution in [3.05, 3.63) is 47.2 Å². The maximum absolute atomic E-state index is 6.23. The average molecular weight is 335 g/mol. The van der Waals surface area contributed by atoms with Crippen LogP contribution < -0.4 is 0 Å². The van der Waals surface area contributed by atoms with E-state index >= 15 is 0 Å². The molecule has 5 heteroatoms. The smallest absolute Gasteiger partial charge is 0.135 e. The fraction of sp³-hybridized carbons (Fsp3) is 0.444. The lowest BCUT2D eigenvalue weighted by atomic mass is 10.2. The van der Waals surface area contributed by atoms with Crippen molar-refractivity contribution in [2.24, 2.45) is 0 Å². The summed E-state index contributed by atoms with van der Waals surface area (Å²) in [6.45, 7) is 6.96. The molecule has 1 saturated heterocycles. The first-order chi connectivity index (χ1) is 11.3. The van der Waals surface area contributed by atoms with Crippen LogP contribution in [-0.2, 0) is 11.3 Å². The number of hydrogen-bond acceptors (Lipinski definition) is 4. The molecule has 0 N–H and O–H groups in total. The Morgan fingerprint density at radius 3 is 2.52 bits per heavy atom. The zero-order valence-electron chi connectivity index (χ0n) is 13.5. The summed E-state index contributed by atoms with van der Waals surface area (Å²) in [5, 5.41) is 0.722. The first-order valence-corrected chi connectivity index (χ1v) is 8.41. The molecule has 0 spiro atoms. The van der Waals surface area contributed by atoms with E-state index in [0.717, 1.165) is 68.0 Å². The minimum absolute atomic E-state index is 0.722. The van der Waals surface area contributed by atoms with Gasteiger partial charge in [0.2, 0.25) is 0 Å². The molecular weight excluding hydrogens is 312 g/mol. The van der Waals surface area contributed by atoms with Crippen LogP contribution in [0.25, 0.3) is 11.3 Å². The highest BCUT2D eigenvalue weighted by Gasteiger charge is 2.18. The first-order valence-electron chi connectivity index (χ1n) is 8.03. The summed E-state index contributed by atoms with van der Waals surface area (Å²) < 4.78 is 11.1. The Kier molecular flexibility index (Phi) is 5.73. The van der Waals surface area contributed by atoms with Gasteiger partial charge in [0.25, 0.3) is 0 Å². The van der Waals surface area contributed by atoms with E-state index in [1.54, 1.807) is 7.11 Å². The SMILES string of the molecule is COCCN1CCN(Cc2ccc(-c3ccccc3Cl)o2)CC1. The van der Waals surface area contributed by atoms with Crippen LogP contribution in [0.4, 0.5) is 0 Å². The molecule has 0 saturated carbocycles. The third-order valence-electron chi connectivity index (χ3n) is 4.26. The monoisotopic (exact) mass is 334 g/mol. The summed E-state index contributed by atoms with van der Waals surface area (Å²) in [5.74, 6) is 1.83. The molecule has 0 bridgehead atoms. The van der Waals surface area contributed by atoms with Gasteiger partial charge >= 0.3 is 0 Å². The van der Waals surface area contributed by atoms with E-state index in [0.29, 0.717) is 0 Å². The number of benzene rings is 1. The van der Waals surface area contributed by atoms with E-state index in [1.807, 2.05) is 30.3 Å². The lowest BCUT2D eigenvalue weighted by Gasteiger charge is -2.34. The molecule has 0 unspecified atom stereocenters. The average Bonchev–Trinajstić information content (AvgIpc) is 3.03. The van der Waals surface area contributed by atoms with E-state index in [2.05, 4.69) is 15.9 Å². The molecule has 0 radical (unpaired) electrons. The fourth-order valence-corrected chi connectivity index (χ4v) is 3.11. The van der Waals surface area contributed by atoms with Crippen molar-refractivity contribution in [2.75, 3.05) is 46.4 Å². The van der Waals surface area contributed by atoms with Gasteiger partial charge in [-0.25, -0.2) is 0 Å². The molecule has 1 aromatic heterocycles. The van der Waals surface area contributed by atoms with E-state index < -0.39 is 0 Å². The van der Waals surface area contributed by atoms with Crippen LogP contribution >= 0.6 is 11.6 Å². The molecule has 3 rings (SSSR count). The molecule has 1 aliphatic rings. The van der Waals surface area contributed by atoms with Crippen molar-refractivity contribution in [1.29, 1.82) is 0 Å². The predicted octanol–water partition coefficient (Wildman–Crippen LogP) is 3.36. The van der Waals surface area contributed by atoms with Gasteiger partial charge in [0, 0.05) is 45.4 Å². The molecule has 1 fully saturated rings. The molecule has 0 atom stereocenters. The minimum Gasteiger partial charge on any atom is -0.460 e. The standard InChI is InChI=1S/C18H23ClN2O2/c1-22-13-12-20-8-10-21(11-9-20)14-15-6-7-18(23-15)16-4-2-3-5-17(16)19/h2-7H,8-14H2,1H3. The fourth-order valence-electron chi connectivity index (χ4n) is 2.88. The topological polar surface area (TPSA) is 28.9 Å². The molecule has 0 amide bonds. The summed E-state index contributed by atoms with van der Waals surface area (Å²) >= 11 is 6.23. The molecule has 124 valence electrons. The van der Waals surface area contributed by atoms with Gasteiger partial charge in [-0.1, -0.05) is 23.7 Å². The number of methoxy groups -OCH3 is 1. The molecule has 4 nitrogen and oxygen atoms in total. The molecule has 23 heavy (non-hydrogen) atoms. The molecule has 2 heterocycles. The Morgan fingerprint density at radius 1 is 1.04 bits per heavy atom. The Morgan fingerprint density at radius 2 is 1.78 bits per heavy atom. The molecule has 2 aromatic rings. The molecule has 0 aliphatic carbocycles. The maximum atomic E-state index is 6.23. The van der Waals surface area contributed by atoms with Crippen LogP contribution in [0.2, 0.25) is 5.02 Å². The number of nitrogens with zero attached hydrogens (tertiary/aromatic N) is 2. The highest BCUT2D eigenvalue weighted by Crippen LogP contribution is 2.29. The summed E-state index contributed by atoms with van der Waals surface area (Å²) in [7, 11) is 1.75. The van der Waals surface area contributed by atoms with Gasteiger partial charge in [0.15, 0.2) is 0 Å². The highest BCUT2D eigenvalue weighted by atomic mass is 35.5.